The first-order valence-electron chi connectivity index (χ1n) is 14.3. The van der Waals surface area contributed by atoms with Gasteiger partial charge >= 0.3 is 0 Å². The molecule has 44 heavy (non-hydrogen) atoms. The van der Waals surface area contributed by atoms with Crippen LogP contribution in [0.3, 0.4) is 0 Å². The van der Waals surface area contributed by atoms with Crippen molar-refractivity contribution in [3.05, 3.63) is 145 Å². The number of anilines is 2. The molecule has 1 aliphatic carbocycles. The highest BCUT2D eigenvalue weighted by Crippen LogP contribution is 2.36. The van der Waals surface area contributed by atoms with E-state index in [1.54, 1.807) is 24.6 Å². The highest BCUT2D eigenvalue weighted by Gasteiger charge is 2.23. The van der Waals surface area contributed by atoms with Gasteiger partial charge in [0.1, 0.15) is 18.2 Å². The first kappa shape index (κ1) is 26.9. The first-order chi connectivity index (χ1) is 21.7. The van der Waals surface area contributed by atoms with E-state index in [9.17, 15) is 4.79 Å². The van der Waals surface area contributed by atoms with Gasteiger partial charge in [-0.25, -0.2) is 14.5 Å². The molecule has 7 rings (SSSR count). The number of aromatic nitrogens is 4. The lowest BCUT2D eigenvalue weighted by molar-refractivity contribution is 0.102. The third-order valence-corrected chi connectivity index (χ3v) is 7.33. The minimum Gasteiger partial charge on any atom is -0.464 e. The molecule has 5 aromatic rings. The van der Waals surface area contributed by atoms with E-state index in [4.69, 9.17) is 19.6 Å². The van der Waals surface area contributed by atoms with Crippen molar-refractivity contribution in [2.24, 2.45) is 0 Å². The largest absolute Gasteiger partial charge is 0.464 e. The van der Waals surface area contributed by atoms with E-state index >= 15 is 0 Å². The van der Waals surface area contributed by atoms with Gasteiger partial charge in [-0.05, 0) is 55.3 Å². The van der Waals surface area contributed by atoms with Crippen LogP contribution >= 0.6 is 0 Å². The second kappa shape index (κ2) is 12.1. The van der Waals surface area contributed by atoms with Gasteiger partial charge in [-0.2, -0.15) is 5.10 Å². The zero-order valence-corrected chi connectivity index (χ0v) is 23.7. The Morgan fingerprint density at radius 1 is 1.00 bits per heavy atom. The smallest absolute Gasteiger partial charge is 0.255 e. The van der Waals surface area contributed by atoms with Gasteiger partial charge in [0.15, 0.2) is 6.26 Å². The molecule has 0 spiro atoms. The molecule has 1 aliphatic heterocycles. The van der Waals surface area contributed by atoms with Gasteiger partial charge in [-0.1, -0.05) is 60.2 Å². The molecule has 216 valence electrons. The molecule has 0 radical (unpaired) electrons. The fourth-order valence-corrected chi connectivity index (χ4v) is 5.22. The zero-order valence-electron chi connectivity index (χ0n) is 23.7. The summed E-state index contributed by atoms with van der Waals surface area (Å²) in [5.41, 5.74) is 6.46. The van der Waals surface area contributed by atoms with Gasteiger partial charge in [0, 0.05) is 29.2 Å². The summed E-state index contributed by atoms with van der Waals surface area (Å²) in [6, 6.07) is 24.6. The average Bonchev–Trinajstić information content (AvgIpc) is 3.48. The number of benzene rings is 2. The van der Waals surface area contributed by atoms with E-state index in [0.29, 0.717) is 35.3 Å². The van der Waals surface area contributed by atoms with Crippen LogP contribution in [0.5, 0.6) is 0 Å². The summed E-state index contributed by atoms with van der Waals surface area (Å²) < 4.78 is 13.1. The summed E-state index contributed by atoms with van der Waals surface area (Å²) in [4.78, 5) is 24.5. The molecule has 0 saturated heterocycles. The van der Waals surface area contributed by atoms with Gasteiger partial charge in [0.25, 0.3) is 5.91 Å². The number of carbonyl (C=O) groups excluding carboxylic acids is 1. The van der Waals surface area contributed by atoms with Crippen LogP contribution in [0.15, 0.2) is 140 Å². The Balaban J connectivity index is 1.29. The topological polar surface area (TPSA) is 93.9 Å². The van der Waals surface area contributed by atoms with E-state index in [1.165, 1.54) is 18.1 Å². The second-order valence-electron chi connectivity index (χ2n) is 10.3. The Morgan fingerprint density at radius 2 is 1.91 bits per heavy atom. The number of hydrogen-bond donors (Lipinski definition) is 1. The summed E-state index contributed by atoms with van der Waals surface area (Å²) in [7, 11) is 0. The lowest BCUT2D eigenvalue weighted by Crippen LogP contribution is -2.29. The molecule has 0 atom stereocenters. The van der Waals surface area contributed by atoms with E-state index in [-0.39, 0.29) is 5.91 Å². The lowest BCUT2D eigenvalue weighted by Gasteiger charge is -2.26. The molecule has 2 aromatic carbocycles. The van der Waals surface area contributed by atoms with Gasteiger partial charge in [-0.15, -0.1) is 0 Å². The third-order valence-electron chi connectivity index (χ3n) is 7.33. The van der Waals surface area contributed by atoms with Crippen molar-refractivity contribution in [1.82, 2.24) is 19.6 Å². The predicted molar refractivity (Wildman–Crippen MR) is 169 cm³/mol. The van der Waals surface area contributed by atoms with Crippen LogP contribution in [-0.2, 0) is 9.47 Å². The monoisotopic (exact) mass is 580 g/mol. The maximum atomic E-state index is 12.9. The van der Waals surface area contributed by atoms with Crippen molar-refractivity contribution in [2.45, 2.75) is 12.8 Å². The van der Waals surface area contributed by atoms with Crippen molar-refractivity contribution in [3.8, 4) is 22.5 Å². The number of amides is 1. The van der Waals surface area contributed by atoms with Crippen LogP contribution in [0.1, 0.15) is 23.2 Å². The molecule has 0 fully saturated rings. The summed E-state index contributed by atoms with van der Waals surface area (Å²) in [6.07, 6.45) is 16.4. The second-order valence-corrected chi connectivity index (χ2v) is 10.3. The minimum atomic E-state index is -0.180. The predicted octanol–water partition coefficient (Wildman–Crippen LogP) is 7.11. The van der Waals surface area contributed by atoms with Crippen LogP contribution < -0.4 is 10.2 Å². The molecular formula is C35H28N6O3. The number of nitrogens with one attached hydrogen (secondary N) is 1. The molecule has 3 aromatic heterocycles. The Labute approximate surface area is 254 Å². The quantitative estimate of drug-likeness (QED) is 0.209. The highest BCUT2D eigenvalue weighted by molar-refractivity contribution is 6.04. The standard InChI is InChI=1S/C35H28N6O3/c42-34(26-12-5-2-6-13-26)37-28-15-9-14-27(22-28)33-32(30-16-7-8-19-41(30)39-33)29-17-18-36-35(38-29)40(31-24-43-20-21-44-31)23-25-10-3-1-4-11-25/h1-3,5-10,12-22,24H,4,11,23H2,(H,37,42). The normalized spacial score (nSPS) is 13.9. The minimum absolute atomic E-state index is 0.180. The van der Waals surface area contributed by atoms with Gasteiger partial charge in [0.2, 0.25) is 11.8 Å². The van der Waals surface area contributed by atoms with Crippen molar-refractivity contribution < 1.29 is 14.3 Å². The average molecular weight is 581 g/mol. The molecule has 0 bridgehead atoms. The molecular weight excluding hydrogens is 552 g/mol. The number of rotatable bonds is 8. The van der Waals surface area contributed by atoms with Crippen LogP contribution in [-0.4, -0.2) is 32.0 Å². The number of carbonyl (C=O) groups is 1. The number of nitrogens with zero attached hydrogens (tertiary/aromatic N) is 5. The van der Waals surface area contributed by atoms with Crippen molar-refractivity contribution in [3.63, 3.8) is 0 Å². The molecule has 0 saturated carbocycles. The van der Waals surface area contributed by atoms with Crippen LogP contribution in [0, 0.1) is 0 Å². The van der Waals surface area contributed by atoms with E-state index in [2.05, 4.69) is 28.5 Å². The van der Waals surface area contributed by atoms with E-state index < -0.39 is 0 Å². The van der Waals surface area contributed by atoms with E-state index in [0.717, 1.165) is 35.2 Å². The summed E-state index contributed by atoms with van der Waals surface area (Å²) in [6.45, 7) is 0.543. The molecule has 1 amide bonds. The van der Waals surface area contributed by atoms with Crippen molar-refractivity contribution >= 4 is 23.1 Å². The van der Waals surface area contributed by atoms with E-state index in [1.807, 2.05) is 82.3 Å². The third kappa shape index (κ3) is 5.58. The maximum Gasteiger partial charge on any atom is 0.255 e. The maximum absolute atomic E-state index is 12.9. The summed E-state index contributed by atoms with van der Waals surface area (Å²) >= 11 is 0. The van der Waals surface area contributed by atoms with Crippen molar-refractivity contribution in [1.29, 1.82) is 0 Å². The lowest BCUT2D eigenvalue weighted by atomic mass is 10.0. The molecule has 9 heteroatoms. The van der Waals surface area contributed by atoms with Crippen LogP contribution in [0.25, 0.3) is 28.0 Å². The fraction of sp³-hybridized carbons (Fsp3) is 0.0857. The first-order valence-corrected chi connectivity index (χ1v) is 14.3. The van der Waals surface area contributed by atoms with Crippen LogP contribution in [0.2, 0.25) is 0 Å². The number of allylic oxidation sites excluding steroid dienone is 3. The zero-order chi connectivity index (χ0) is 29.7. The Bertz CT molecular complexity index is 1960. The molecule has 0 unspecified atom stereocenters. The van der Waals surface area contributed by atoms with Gasteiger partial charge < -0.3 is 14.8 Å². The van der Waals surface area contributed by atoms with Crippen molar-refractivity contribution in [2.75, 3.05) is 16.8 Å². The SMILES string of the molecule is O=C(Nc1cccc(-c2nn3ccccc3c2-c2ccnc(N(CC3=CC=CCC3)C3=COC=CO3)n2)c1)c1ccccc1. The number of hydrogen-bond acceptors (Lipinski definition) is 7. The molecule has 4 heterocycles. The Hall–Kier alpha value is -5.96. The van der Waals surface area contributed by atoms with Crippen LogP contribution in [0.4, 0.5) is 11.6 Å². The highest BCUT2D eigenvalue weighted by atomic mass is 16.5. The molecule has 2 aliphatic rings. The van der Waals surface area contributed by atoms with Gasteiger partial charge in [-0.3, -0.25) is 9.69 Å². The fourth-order valence-electron chi connectivity index (χ4n) is 5.22. The molecule has 1 N–H and O–H groups in total. The summed E-state index contributed by atoms with van der Waals surface area (Å²) in [5, 5.41) is 7.95. The number of fused-ring (bicyclic) bond motifs is 1. The number of pyridine rings is 1. The summed E-state index contributed by atoms with van der Waals surface area (Å²) in [5.74, 6) is 0.774. The molecule has 9 nitrogen and oxygen atoms in total. The number of ether oxygens (including phenoxy) is 2. The Morgan fingerprint density at radius 3 is 2.75 bits per heavy atom. The Kier molecular flexibility index (Phi) is 7.40. The van der Waals surface area contributed by atoms with Gasteiger partial charge in [0.05, 0.1) is 23.3 Å².